The van der Waals surface area contributed by atoms with Gasteiger partial charge in [0.25, 0.3) is 5.91 Å². The number of aromatic nitrogens is 2. The zero-order valence-electron chi connectivity index (χ0n) is 17.3. The molecule has 2 aromatic heterocycles. The number of nitrogens with zero attached hydrogens (tertiary/aromatic N) is 2. The fourth-order valence-corrected chi connectivity index (χ4v) is 3.81. The predicted octanol–water partition coefficient (Wildman–Crippen LogP) is 3.37. The van der Waals surface area contributed by atoms with Crippen LogP contribution in [0.4, 0.5) is 11.5 Å². The van der Waals surface area contributed by atoms with E-state index in [1.54, 1.807) is 24.3 Å². The quantitative estimate of drug-likeness (QED) is 0.453. The van der Waals surface area contributed by atoms with Crippen molar-refractivity contribution in [3.05, 3.63) is 46.6 Å². The van der Waals surface area contributed by atoms with Crippen molar-refractivity contribution in [1.29, 1.82) is 0 Å². The lowest BCUT2D eigenvalue weighted by atomic mass is 10.1. The molecule has 162 valence electrons. The molecule has 0 saturated carbocycles. The van der Waals surface area contributed by atoms with Crippen LogP contribution in [-0.2, 0) is 9.53 Å². The number of hydrogen-bond acceptors (Lipinski definition) is 8. The molecule has 0 spiro atoms. The van der Waals surface area contributed by atoms with Crippen molar-refractivity contribution >= 4 is 50.9 Å². The molecule has 3 aromatic rings. The molecule has 0 fully saturated rings. The number of benzene rings is 1. The van der Waals surface area contributed by atoms with E-state index in [0.717, 1.165) is 10.9 Å². The van der Waals surface area contributed by atoms with Crippen LogP contribution < -0.4 is 10.6 Å². The summed E-state index contributed by atoms with van der Waals surface area (Å²) >= 11 is 1.26. The second-order valence-electron chi connectivity index (χ2n) is 7.23. The summed E-state index contributed by atoms with van der Waals surface area (Å²) in [6.45, 7) is 5.67. The maximum atomic E-state index is 12.5. The van der Waals surface area contributed by atoms with E-state index in [1.165, 1.54) is 17.7 Å². The Morgan fingerprint density at radius 3 is 2.52 bits per heavy atom. The van der Waals surface area contributed by atoms with E-state index in [-0.39, 0.29) is 11.9 Å². The number of hydrogen-bond donors (Lipinski definition) is 3. The van der Waals surface area contributed by atoms with E-state index in [4.69, 9.17) is 9.84 Å². The lowest BCUT2D eigenvalue weighted by molar-refractivity contribution is -0.135. The van der Waals surface area contributed by atoms with Crippen LogP contribution in [0.1, 0.15) is 39.4 Å². The maximum Gasteiger partial charge on any atom is 0.348 e. The lowest BCUT2D eigenvalue weighted by Crippen LogP contribution is -2.29. The number of thiophene rings is 1. The number of carbonyl (C=O) groups excluding carboxylic acids is 2. The number of carboxylic acids is 1. The molecule has 0 aliphatic heterocycles. The Kier molecular flexibility index (Phi) is 6.81. The van der Waals surface area contributed by atoms with E-state index in [1.807, 2.05) is 20.8 Å². The number of carboxylic acid groups (broad SMARTS) is 1. The third-order valence-corrected chi connectivity index (χ3v) is 5.45. The first-order valence-corrected chi connectivity index (χ1v) is 10.4. The highest BCUT2D eigenvalue weighted by Gasteiger charge is 2.21. The van der Waals surface area contributed by atoms with Gasteiger partial charge in [-0.1, -0.05) is 13.8 Å². The summed E-state index contributed by atoms with van der Waals surface area (Å²) in [4.78, 5) is 44.7. The van der Waals surface area contributed by atoms with Crippen LogP contribution in [0.15, 0.2) is 30.6 Å². The summed E-state index contributed by atoms with van der Waals surface area (Å²) in [7, 11) is 0. The fraction of sp³-hybridized carbons (Fsp3) is 0.286. The number of esters is 1. The summed E-state index contributed by atoms with van der Waals surface area (Å²) in [5.74, 6) is -1.19. The van der Waals surface area contributed by atoms with Gasteiger partial charge in [-0.3, -0.25) is 9.59 Å². The highest BCUT2D eigenvalue weighted by Crippen LogP contribution is 2.34. The van der Waals surface area contributed by atoms with E-state index in [0.29, 0.717) is 33.4 Å². The first-order valence-electron chi connectivity index (χ1n) is 9.54. The maximum absolute atomic E-state index is 12.5. The van der Waals surface area contributed by atoms with Crippen LogP contribution >= 0.6 is 11.3 Å². The molecule has 1 amide bonds. The standard InChI is InChI=1S/C21H22N4O5S/c1-11(2)9-30-21(29)17-12(3)16-18(23-10-24-20(16)31-17)25-14-6-4-13(5-7-14)19(28)22-8-15(26)27/h4-7,10-11H,8-9H2,1-3H3,(H,22,28)(H,26,27)(H,23,24,25). The number of fused-ring (bicyclic) bond motifs is 1. The van der Waals surface area contributed by atoms with Gasteiger partial charge in [-0.15, -0.1) is 11.3 Å². The number of amides is 1. The van der Waals surface area contributed by atoms with Gasteiger partial charge in [0, 0.05) is 11.3 Å². The van der Waals surface area contributed by atoms with Crippen LogP contribution in [0, 0.1) is 12.8 Å². The second kappa shape index (κ2) is 9.52. The topological polar surface area (TPSA) is 131 Å². The van der Waals surface area contributed by atoms with Crippen molar-refractivity contribution in [2.75, 3.05) is 18.5 Å². The summed E-state index contributed by atoms with van der Waals surface area (Å²) in [5, 5.41) is 14.9. The van der Waals surface area contributed by atoms with Gasteiger partial charge in [-0.2, -0.15) is 0 Å². The highest BCUT2D eigenvalue weighted by atomic mass is 32.1. The van der Waals surface area contributed by atoms with Crippen molar-refractivity contribution in [3.8, 4) is 0 Å². The summed E-state index contributed by atoms with van der Waals surface area (Å²) in [6, 6.07) is 6.52. The minimum atomic E-state index is -1.11. The molecule has 3 rings (SSSR count). The Labute approximate surface area is 182 Å². The minimum Gasteiger partial charge on any atom is -0.480 e. The third-order valence-electron chi connectivity index (χ3n) is 4.27. The number of aliphatic carboxylic acids is 1. The van der Waals surface area contributed by atoms with Gasteiger partial charge >= 0.3 is 11.9 Å². The number of ether oxygens (including phenoxy) is 1. The van der Waals surface area contributed by atoms with E-state index in [2.05, 4.69) is 20.6 Å². The Morgan fingerprint density at radius 2 is 1.87 bits per heavy atom. The van der Waals surface area contributed by atoms with Gasteiger partial charge in [0.05, 0.1) is 12.0 Å². The Morgan fingerprint density at radius 1 is 1.16 bits per heavy atom. The van der Waals surface area contributed by atoms with E-state index < -0.39 is 18.4 Å². The predicted molar refractivity (Wildman–Crippen MR) is 117 cm³/mol. The summed E-state index contributed by atoms with van der Waals surface area (Å²) < 4.78 is 5.36. The molecule has 3 N–H and O–H groups in total. The molecule has 0 atom stereocenters. The molecule has 0 radical (unpaired) electrons. The normalized spacial score (nSPS) is 10.8. The monoisotopic (exact) mass is 442 g/mol. The zero-order chi connectivity index (χ0) is 22.5. The largest absolute Gasteiger partial charge is 0.480 e. The van der Waals surface area contributed by atoms with Crippen molar-refractivity contribution in [2.24, 2.45) is 5.92 Å². The first kappa shape index (κ1) is 22.2. The molecule has 9 nitrogen and oxygen atoms in total. The molecule has 10 heteroatoms. The number of anilines is 2. The molecule has 0 unspecified atom stereocenters. The van der Waals surface area contributed by atoms with Crippen molar-refractivity contribution in [1.82, 2.24) is 15.3 Å². The number of carbonyl (C=O) groups is 3. The Balaban J connectivity index is 1.81. The molecule has 0 saturated heterocycles. The van der Waals surface area contributed by atoms with Gasteiger partial charge in [0.15, 0.2) is 0 Å². The van der Waals surface area contributed by atoms with Gasteiger partial charge < -0.3 is 20.5 Å². The van der Waals surface area contributed by atoms with Crippen LogP contribution in [0.25, 0.3) is 10.2 Å². The zero-order valence-corrected chi connectivity index (χ0v) is 18.1. The van der Waals surface area contributed by atoms with Crippen LogP contribution in [-0.4, -0.2) is 46.1 Å². The Hall–Kier alpha value is -3.53. The SMILES string of the molecule is Cc1c(C(=O)OCC(C)C)sc2ncnc(Nc3ccc(C(=O)NCC(=O)O)cc3)c12. The summed E-state index contributed by atoms with van der Waals surface area (Å²) in [5.41, 5.74) is 1.74. The van der Waals surface area contributed by atoms with Gasteiger partial charge in [0.1, 0.15) is 28.4 Å². The molecular formula is C21H22N4O5S. The molecular weight excluding hydrogens is 420 g/mol. The van der Waals surface area contributed by atoms with Gasteiger partial charge in [0.2, 0.25) is 0 Å². The summed E-state index contributed by atoms with van der Waals surface area (Å²) in [6.07, 6.45) is 1.41. The van der Waals surface area contributed by atoms with Gasteiger partial charge in [-0.05, 0) is 42.7 Å². The molecule has 0 bridgehead atoms. The first-order chi connectivity index (χ1) is 14.8. The smallest absolute Gasteiger partial charge is 0.348 e. The van der Waals surface area contributed by atoms with Crippen LogP contribution in [0.5, 0.6) is 0 Å². The molecule has 31 heavy (non-hydrogen) atoms. The fourth-order valence-electron chi connectivity index (χ4n) is 2.77. The van der Waals surface area contributed by atoms with Crippen molar-refractivity contribution in [2.45, 2.75) is 20.8 Å². The third kappa shape index (κ3) is 5.34. The highest BCUT2D eigenvalue weighted by molar-refractivity contribution is 7.20. The van der Waals surface area contributed by atoms with Crippen LogP contribution in [0.3, 0.4) is 0 Å². The minimum absolute atomic E-state index is 0.241. The number of rotatable bonds is 8. The van der Waals surface area contributed by atoms with Crippen molar-refractivity contribution in [3.63, 3.8) is 0 Å². The lowest BCUT2D eigenvalue weighted by Gasteiger charge is -2.09. The van der Waals surface area contributed by atoms with Crippen LogP contribution in [0.2, 0.25) is 0 Å². The average Bonchev–Trinajstić information content (AvgIpc) is 3.08. The molecule has 1 aromatic carbocycles. The number of aryl methyl sites for hydroxylation is 1. The average molecular weight is 442 g/mol. The van der Waals surface area contributed by atoms with E-state index >= 15 is 0 Å². The van der Waals surface area contributed by atoms with E-state index in [9.17, 15) is 14.4 Å². The van der Waals surface area contributed by atoms with Gasteiger partial charge in [-0.25, -0.2) is 14.8 Å². The molecule has 0 aliphatic rings. The molecule has 2 heterocycles. The number of nitrogens with one attached hydrogen (secondary N) is 2. The Bertz CT molecular complexity index is 1120. The second-order valence-corrected chi connectivity index (χ2v) is 8.23. The molecule has 0 aliphatic carbocycles. The van der Waals surface area contributed by atoms with Crippen molar-refractivity contribution < 1.29 is 24.2 Å².